The summed E-state index contributed by atoms with van der Waals surface area (Å²) in [5, 5.41) is 3.02. The smallest absolute Gasteiger partial charge is 0.244 e. The number of benzene rings is 2. The van der Waals surface area contributed by atoms with Gasteiger partial charge in [0.15, 0.2) is 0 Å². The number of rotatable bonds is 5. The Bertz CT molecular complexity index is 706. The molecule has 0 aromatic heterocycles. The van der Waals surface area contributed by atoms with Gasteiger partial charge in [-0.3, -0.25) is 4.79 Å². The lowest BCUT2D eigenvalue weighted by Crippen LogP contribution is -2.53. The highest BCUT2D eigenvalue weighted by Gasteiger charge is 2.40. The molecule has 2 aromatic carbocycles. The highest BCUT2D eigenvalue weighted by molar-refractivity contribution is 5.87. The van der Waals surface area contributed by atoms with Gasteiger partial charge in [-0.1, -0.05) is 48.9 Å². The minimum atomic E-state index is -1.07. The maximum absolute atomic E-state index is 13.2. The van der Waals surface area contributed by atoms with Crippen molar-refractivity contribution in [3.8, 4) is 0 Å². The van der Waals surface area contributed by atoms with Gasteiger partial charge in [-0.15, -0.1) is 0 Å². The first-order valence-corrected chi connectivity index (χ1v) is 8.33. The van der Waals surface area contributed by atoms with Crippen molar-refractivity contribution in [1.29, 1.82) is 0 Å². The van der Waals surface area contributed by atoms with Crippen molar-refractivity contribution in [3.05, 3.63) is 71.5 Å². The lowest BCUT2D eigenvalue weighted by Gasteiger charge is -2.43. The van der Waals surface area contributed by atoms with Crippen LogP contribution in [0.2, 0.25) is 0 Å². The standard InChI is InChI=1S/C20H23FN2O/c1-19(22,15-6-3-2-4-7-15)18(24)23-14-20(12-5-13-20)16-8-10-17(21)11-9-16/h2-4,6-11H,5,12-14,22H2,1H3,(H,23,24). The molecule has 0 aliphatic heterocycles. The molecule has 24 heavy (non-hydrogen) atoms. The molecule has 3 nitrogen and oxygen atoms in total. The summed E-state index contributed by atoms with van der Waals surface area (Å²) in [7, 11) is 0. The summed E-state index contributed by atoms with van der Waals surface area (Å²) in [5.41, 5.74) is 6.95. The third-order valence-corrected chi connectivity index (χ3v) is 5.20. The van der Waals surface area contributed by atoms with Gasteiger partial charge in [-0.05, 0) is 43.0 Å². The van der Waals surface area contributed by atoms with Crippen LogP contribution in [0, 0.1) is 5.82 Å². The fourth-order valence-corrected chi connectivity index (χ4v) is 3.32. The Balaban J connectivity index is 1.72. The Labute approximate surface area is 142 Å². The van der Waals surface area contributed by atoms with Gasteiger partial charge in [0, 0.05) is 12.0 Å². The number of hydrogen-bond donors (Lipinski definition) is 2. The number of halogens is 1. The Morgan fingerprint density at radius 1 is 1.17 bits per heavy atom. The Hall–Kier alpha value is -2.20. The first-order valence-electron chi connectivity index (χ1n) is 8.33. The molecule has 0 saturated heterocycles. The lowest BCUT2D eigenvalue weighted by atomic mass is 9.64. The summed E-state index contributed by atoms with van der Waals surface area (Å²) < 4.78 is 13.2. The molecule has 4 heteroatoms. The molecule has 1 aliphatic carbocycles. The van der Waals surface area contributed by atoms with Crippen LogP contribution in [0.3, 0.4) is 0 Å². The Morgan fingerprint density at radius 2 is 1.79 bits per heavy atom. The minimum absolute atomic E-state index is 0.101. The van der Waals surface area contributed by atoms with Crippen LogP contribution in [-0.2, 0) is 15.7 Å². The zero-order valence-corrected chi connectivity index (χ0v) is 13.9. The van der Waals surface area contributed by atoms with Crippen LogP contribution in [0.5, 0.6) is 0 Å². The van der Waals surface area contributed by atoms with E-state index in [1.54, 1.807) is 6.92 Å². The molecule has 1 atom stereocenters. The van der Waals surface area contributed by atoms with Crippen molar-refractivity contribution < 1.29 is 9.18 Å². The lowest BCUT2D eigenvalue weighted by molar-refractivity contribution is -0.126. The van der Waals surface area contributed by atoms with Gasteiger partial charge in [0.05, 0.1) is 0 Å². The highest BCUT2D eigenvalue weighted by atomic mass is 19.1. The van der Waals surface area contributed by atoms with E-state index in [0.717, 1.165) is 30.4 Å². The fraction of sp³-hybridized carbons (Fsp3) is 0.350. The average Bonchev–Trinajstić information content (AvgIpc) is 2.56. The summed E-state index contributed by atoms with van der Waals surface area (Å²) in [5.74, 6) is -0.432. The molecular formula is C20H23FN2O. The van der Waals surface area contributed by atoms with E-state index in [-0.39, 0.29) is 17.1 Å². The number of nitrogens with one attached hydrogen (secondary N) is 1. The first-order chi connectivity index (χ1) is 11.4. The SMILES string of the molecule is CC(N)(C(=O)NCC1(c2ccc(F)cc2)CCC1)c1ccccc1. The van der Waals surface area contributed by atoms with Crippen LogP contribution in [-0.4, -0.2) is 12.5 Å². The number of hydrogen-bond acceptors (Lipinski definition) is 2. The van der Waals surface area contributed by atoms with Crippen molar-refractivity contribution in [3.63, 3.8) is 0 Å². The highest BCUT2D eigenvalue weighted by Crippen LogP contribution is 2.43. The molecule has 1 fully saturated rings. The zero-order valence-electron chi connectivity index (χ0n) is 13.9. The normalized spacial score (nSPS) is 18.3. The van der Waals surface area contributed by atoms with Gasteiger partial charge in [0.1, 0.15) is 11.4 Å². The van der Waals surface area contributed by atoms with Crippen LogP contribution in [0.4, 0.5) is 4.39 Å². The summed E-state index contributed by atoms with van der Waals surface area (Å²) in [6.07, 6.45) is 3.10. The zero-order chi connectivity index (χ0) is 17.2. The molecule has 0 spiro atoms. The van der Waals surface area contributed by atoms with Crippen molar-refractivity contribution in [1.82, 2.24) is 5.32 Å². The van der Waals surface area contributed by atoms with Gasteiger partial charge in [-0.2, -0.15) is 0 Å². The number of carbonyl (C=O) groups is 1. The third-order valence-electron chi connectivity index (χ3n) is 5.20. The topological polar surface area (TPSA) is 55.1 Å². The number of carbonyl (C=O) groups excluding carboxylic acids is 1. The van der Waals surface area contributed by atoms with Crippen LogP contribution in [0.1, 0.15) is 37.3 Å². The van der Waals surface area contributed by atoms with Gasteiger partial charge in [0.2, 0.25) is 5.91 Å². The van der Waals surface area contributed by atoms with Gasteiger partial charge in [-0.25, -0.2) is 4.39 Å². The van der Waals surface area contributed by atoms with E-state index in [9.17, 15) is 9.18 Å². The van der Waals surface area contributed by atoms with Gasteiger partial charge < -0.3 is 11.1 Å². The largest absolute Gasteiger partial charge is 0.353 e. The molecule has 0 bridgehead atoms. The molecular weight excluding hydrogens is 303 g/mol. The second-order valence-electron chi connectivity index (χ2n) is 6.89. The van der Waals surface area contributed by atoms with E-state index < -0.39 is 5.54 Å². The second-order valence-corrected chi connectivity index (χ2v) is 6.89. The van der Waals surface area contributed by atoms with Crippen LogP contribution in [0.25, 0.3) is 0 Å². The van der Waals surface area contributed by atoms with Crippen molar-refractivity contribution in [2.24, 2.45) is 5.73 Å². The molecule has 1 unspecified atom stereocenters. The Kier molecular flexibility index (Phi) is 4.41. The van der Waals surface area contributed by atoms with Crippen molar-refractivity contribution in [2.45, 2.75) is 37.1 Å². The molecule has 1 saturated carbocycles. The van der Waals surface area contributed by atoms with E-state index in [2.05, 4.69) is 5.32 Å². The van der Waals surface area contributed by atoms with Crippen molar-refractivity contribution in [2.75, 3.05) is 6.54 Å². The molecule has 0 heterocycles. The van der Waals surface area contributed by atoms with Gasteiger partial charge >= 0.3 is 0 Å². The molecule has 1 amide bonds. The quantitative estimate of drug-likeness (QED) is 0.886. The van der Waals surface area contributed by atoms with Crippen LogP contribution in [0.15, 0.2) is 54.6 Å². The number of nitrogens with two attached hydrogens (primary N) is 1. The maximum atomic E-state index is 13.2. The molecule has 2 aromatic rings. The van der Waals surface area contributed by atoms with E-state index >= 15 is 0 Å². The fourth-order valence-electron chi connectivity index (χ4n) is 3.32. The molecule has 1 aliphatic rings. The van der Waals surface area contributed by atoms with E-state index in [0.29, 0.717) is 6.54 Å². The second kappa shape index (κ2) is 6.36. The van der Waals surface area contributed by atoms with Crippen LogP contribution < -0.4 is 11.1 Å². The molecule has 3 rings (SSSR count). The molecule has 126 valence electrons. The summed E-state index contributed by atoms with van der Waals surface area (Å²) in [6, 6.07) is 16.0. The van der Waals surface area contributed by atoms with Crippen LogP contribution >= 0.6 is 0 Å². The molecule has 0 radical (unpaired) electrons. The minimum Gasteiger partial charge on any atom is -0.353 e. The monoisotopic (exact) mass is 326 g/mol. The molecule has 3 N–H and O–H groups in total. The summed E-state index contributed by atoms with van der Waals surface area (Å²) in [4.78, 5) is 12.6. The average molecular weight is 326 g/mol. The maximum Gasteiger partial charge on any atom is 0.244 e. The predicted octanol–water partition coefficient (Wildman–Crippen LogP) is 3.24. The third kappa shape index (κ3) is 3.06. The summed E-state index contributed by atoms with van der Waals surface area (Å²) in [6.45, 7) is 2.25. The summed E-state index contributed by atoms with van der Waals surface area (Å²) >= 11 is 0. The van der Waals surface area contributed by atoms with E-state index in [1.807, 2.05) is 42.5 Å². The van der Waals surface area contributed by atoms with E-state index in [4.69, 9.17) is 5.73 Å². The van der Waals surface area contributed by atoms with E-state index in [1.165, 1.54) is 12.1 Å². The van der Waals surface area contributed by atoms with Crippen molar-refractivity contribution >= 4 is 5.91 Å². The van der Waals surface area contributed by atoms with Gasteiger partial charge in [0.25, 0.3) is 0 Å². The predicted molar refractivity (Wildman–Crippen MR) is 92.9 cm³/mol. The Morgan fingerprint density at radius 3 is 2.33 bits per heavy atom. The number of amides is 1. The first kappa shape index (κ1) is 16.7.